The zero-order valence-electron chi connectivity index (χ0n) is 16.1. The first-order chi connectivity index (χ1) is 12.5. The van der Waals surface area contributed by atoms with Crippen LogP contribution in [0.4, 0.5) is 0 Å². The van der Waals surface area contributed by atoms with Gasteiger partial charge >= 0.3 is 0 Å². The molecule has 2 aromatic heterocycles. The van der Waals surface area contributed by atoms with Gasteiger partial charge in [-0.2, -0.15) is 0 Å². The third-order valence-electron chi connectivity index (χ3n) is 4.43. The van der Waals surface area contributed by atoms with Gasteiger partial charge in [0, 0.05) is 24.1 Å². The summed E-state index contributed by atoms with van der Waals surface area (Å²) in [7, 11) is 0. The molecule has 0 saturated heterocycles. The first-order valence-corrected chi connectivity index (χ1v) is 10.6. The molecule has 0 bridgehead atoms. The van der Waals surface area contributed by atoms with Crippen LogP contribution >= 0.6 is 11.8 Å². The lowest BCUT2D eigenvalue weighted by atomic mass is 10.1. The first kappa shape index (κ1) is 20.6. The van der Waals surface area contributed by atoms with Crippen LogP contribution in [0, 0.1) is 6.92 Å². The quantitative estimate of drug-likeness (QED) is 0.257. The number of hydrogen-bond donors (Lipinski definition) is 1. The van der Waals surface area contributed by atoms with Crippen molar-refractivity contribution in [1.82, 2.24) is 15.0 Å². The summed E-state index contributed by atoms with van der Waals surface area (Å²) in [4.78, 5) is 35.3. The molecular weight excluding hydrogens is 346 g/mol. The van der Waals surface area contributed by atoms with Crippen molar-refractivity contribution in [3.63, 3.8) is 0 Å². The van der Waals surface area contributed by atoms with Gasteiger partial charge in [-0.15, -0.1) is 0 Å². The minimum Gasteiger partial charge on any atom is -0.306 e. The number of pyridine rings is 1. The van der Waals surface area contributed by atoms with E-state index in [9.17, 15) is 9.59 Å². The van der Waals surface area contributed by atoms with Gasteiger partial charge in [0.15, 0.2) is 10.9 Å². The number of nitrogens with one attached hydrogen (secondary N) is 1. The molecule has 0 aliphatic heterocycles. The predicted molar refractivity (Wildman–Crippen MR) is 108 cm³/mol. The van der Waals surface area contributed by atoms with Crippen molar-refractivity contribution < 1.29 is 4.79 Å². The Kier molecular flexibility index (Phi) is 8.29. The molecule has 5 nitrogen and oxygen atoms in total. The van der Waals surface area contributed by atoms with Gasteiger partial charge in [0.05, 0.1) is 0 Å². The van der Waals surface area contributed by atoms with Crippen LogP contribution in [0.15, 0.2) is 16.0 Å². The molecule has 0 saturated carbocycles. The number of carbonyl (C=O) groups is 1. The third-order valence-corrected chi connectivity index (χ3v) is 5.37. The van der Waals surface area contributed by atoms with E-state index in [0.717, 1.165) is 17.7 Å². The Bertz CT molecular complexity index is 801. The Hall–Kier alpha value is -1.69. The van der Waals surface area contributed by atoms with E-state index in [-0.39, 0.29) is 11.3 Å². The maximum absolute atomic E-state index is 12.0. The van der Waals surface area contributed by atoms with Crippen molar-refractivity contribution in [2.75, 3.05) is 5.75 Å². The number of carbonyl (C=O) groups excluding carboxylic acids is 1. The van der Waals surface area contributed by atoms with Gasteiger partial charge in [-0.25, -0.2) is 9.97 Å². The van der Waals surface area contributed by atoms with Crippen LogP contribution in [0.1, 0.15) is 81.3 Å². The van der Waals surface area contributed by atoms with Crippen LogP contribution in [0.3, 0.4) is 0 Å². The number of ketones is 1. The molecule has 2 aromatic rings. The molecular formula is C20H29N3O2S. The number of unbranched alkanes of at least 4 members (excludes halogenated alkanes) is 7. The number of nitrogens with zero attached hydrogens (tertiary/aromatic N) is 2. The monoisotopic (exact) mass is 375 g/mol. The number of aromatic amines is 1. The van der Waals surface area contributed by atoms with E-state index in [4.69, 9.17) is 0 Å². The largest absolute Gasteiger partial charge is 0.306 e. The first-order valence-electron chi connectivity index (χ1n) is 9.58. The van der Waals surface area contributed by atoms with E-state index >= 15 is 0 Å². The van der Waals surface area contributed by atoms with E-state index < -0.39 is 0 Å². The molecule has 2 heterocycles. The van der Waals surface area contributed by atoms with Gasteiger partial charge < -0.3 is 4.98 Å². The second-order valence-corrected chi connectivity index (χ2v) is 7.84. The number of aromatic nitrogens is 3. The van der Waals surface area contributed by atoms with Gasteiger partial charge in [-0.3, -0.25) is 9.59 Å². The SMILES string of the molecule is CCCCCCCCCCSc1nc(C(C)=O)c2c(C)cc(=O)[nH]c2n1. The lowest BCUT2D eigenvalue weighted by Gasteiger charge is -2.08. The molecule has 0 amide bonds. The topological polar surface area (TPSA) is 75.7 Å². The van der Waals surface area contributed by atoms with Crippen LogP contribution < -0.4 is 5.56 Å². The van der Waals surface area contributed by atoms with E-state index in [1.165, 1.54) is 57.9 Å². The third kappa shape index (κ3) is 5.94. The minimum atomic E-state index is -0.206. The molecule has 26 heavy (non-hydrogen) atoms. The molecule has 0 atom stereocenters. The molecule has 1 N–H and O–H groups in total. The number of hydrogen-bond acceptors (Lipinski definition) is 5. The molecule has 142 valence electrons. The number of thioether (sulfide) groups is 1. The molecule has 0 spiro atoms. The Morgan fingerprint density at radius 1 is 1.08 bits per heavy atom. The van der Waals surface area contributed by atoms with Crippen molar-refractivity contribution in [2.45, 2.75) is 77.3 Å². The summed E-state index contributed by atoms with van der Waals surface area (Å²) in [5.41, 5.74) is 1.37. The van der Waals surface area contributed by atoms with Crippen LogP contribution in [0.5, 0.6) is 0 Å². The predicted octanol–water partition coefficient (Wildman–Crippen LogP) is 5.06. The molecule has 0 radical (unpaired) electrons. The summed E-state index contributed by atoms with van der Waals surface area (Å²) >= 11 is 1.55. The molecule has 0 aliphatic rings. The number of fused-ring (bicyclic) bond motifs is 1. The van der Waals surface area contributed by atoms with Gasteiger partial charge in [0.1, 0.15) is 11.3 Å². The van der Waals surface area contributed by atoms with Crippen molar-refractivity contribution in [3.05, 3.63) is 27.7 Å². The van der Waals surface area contributed by atoms with Crippen molar-refractivity contribution in [3.8, 4) is 0 Å². The second kappa shape index (κ2) is 10.5. The maximum Gasteiger partial charge on any atom is 0.249 e. The normalized spacial score (nSPS) is 11.2. The Morgan fingerprint density at radius 3 is 2.38 bits per heavy atom. The van der Waals surface area contributed by atoms with E-state index in [1.54, 1.807) is 18.7 Å². The lowest BCUT2D eigenvalue weighted by Crippen LogP contribution is -2.11. The summed E-state index contributed by atoms with van der Waals surface area (Å²) in [5, 5.41) is 1.21. The van der Waals surface area contributed by atoms with E-state index in [2.05, 4.69) is 21.9 Å². The highest BCUT2D eigenvalue weighted by atomic mass is 32.2. The average Bonchev–Trinajstić information content (AvgIpc) is 2.59. The van der Waals surface area contributed by atoms with Gasteiger partial charge in [0.2, 0.25) is 5.56 Å². The van der Waals surface area contributed by atoms with Gasteiger partial charge in [0.25, 0.3) is 0 Å². The van der Waals surface area contributed by atoms with Gasteiger partial charge in [-0.05, 0) is 18.9 Å². The Morgan fingerprint density at radius 2 is 1.73 bits per heavy atom. The lowest BCUT2D eigenvalue weighted by molar-refractivity contribution is 0.101. The van der Waals surface area contributed by atoms with Crippen molar-refractivity contribution in [2.24, 2.45) is 0 Å². The summed E-state index contributed by atoms with van der Waals surface area (Å²) in [5.74, 6) is 0.815. The highest BCUT2D eigenvalue weighted by Gasteiger charge is 2.15. The summed E-state index contributed by atoms with van der Waals surface area (Å²) in [6, 6.07) is 1.48. The number of Topliss-reactive ketones (excluding diaryl/α,β-unsaturated/α-hetero) is 1. The molecule has 0 aromatic carbocycles. The van der Waals surface area contributed by atoms with Crippen LogP contribution in [0.2, 0.25) is 0 Å². The zero-order chi connectivity index (χ0) is 18.9. The minimum absolute atomic E-state index is 0.110. The number of aryl methyl sites for hydroxylation is 1. The summed E-state index contributed by atoms with van der Waals surface area (Å²) < 4.78 is 0. The Labute approximate surface area is 159 Å². The molecule has 2 rings (SSSR count). The molecule has 6 heteroatoms. The van der Waals surface area contributed by atoms with Crippen molar-refractivity contribution >= 4 is 28.6 Å². The molecule has 0 aliphatic carbocycles. The second-order valence-electron chi connectivity index (χ2n) is 6.77. The fourth-order valence-corrected chi connectivity index (χ4v) is 3.89. The fraction of sp³-hybridized carbons (Fsp3) is 0.600. The summed E-state index contributed by atoms with van der Waals surface area (Å²) in [6.07, 6.45) is 10.2. The van der Waals surface area contributed by atoms with Crippen molar-refractivity contribution in [1.29, 1.82) is 0 Å². The Balaban J connectivity index is 1.94. The van der Waals surface area contributed by atoms with E-state index in [0.29, 0.717) is 21.9 Å². The highest BCUT2D eigenvalue weighted by molar-refractivity contribution is 7.99. The number of rotatable bonds is 11. The highest BCUT2D eigenvalue weighted by Crippen LogP contribution is 2.23. The average molecular weight is 376 g/mol. The molecule has 0 unspecified atom stereocenters. The fourth-order valence-electron chi connectivity index (χ4n) is 3.04. The smallest absolute Gasteiger partial charge is 0.249 e. The van der Waals surface area contributed by atoms with Crippen LogP contribution in [0.25, 0.3) is 11.0 Å². The number of H-pyrrole nitrogens is 1. The standard InChI is InChI=1S/C20H29N3O2S/c1-4-5-6-7-8-9-10-11-12-26-20-22-18(15(3)24)17-14(2)13-16(25)21-19(17)23-20/h13H,4-12H2,1-3H3,(H,21,22,23,25). The van der Waals surface area contributed by atoms with Gasteiger partial charge in [-0.1, -0.05) is 63.6 Å². The van der Waals surface area contributed by atoms with Crippen LogP contribution in [-0.2, 0) is 0 Å². The van der Waals surface area contributed by atoms with E-state index in [1.807, 2.05) is 0 Å². The maximum atomic E-state index is 12.0. The molecule has 0 fully saturated rings. The zero-order valence-corrected chi connectivity index (χ0v) is 16.9. The van der Waals surface area contributed by atoms with Crippen LogP contribution in [-0.4, -0.2) is 26.5 Å². The summed E-state index contributed by atoms with van der Waals surface area (Å²) in [6.45, 7) is 5.54.